The van der Waals surface area contributed by atoms with Crippen molar-refractivity contribution in [3.8, 4) is 17.2 Å². The largest absolute Gasteiger partial charge is 0.506 e. The van der Waals surface area contributed by atoms with Gasteiger partial charge in [0.05, 0.1) is 18.1 Å². The number of carbonyl (C=O) groups excluding carboxylic acids is 1. The maximum atomic E-state index is 13.0. The van der Waals surface area contributed by atoms with E-state index >= 15 is 0 Å². The number of halogens is 1. The molecule has 0 aromatic heterocycles. The van der Waals surface area contributed by atoms with Gasteiger partial charge < -0.3 is 38.6 Å². The van der Waals surface area contributed by atoms with E-state index in [1.54, 1.807) is 7.11 Å². The molecular formula is C27H31BrO9. The van der Waals surface area contributed by atoms with Gasteiger partial charge in [0.15, 0.2) is 17.5 Å². The van der Waals surface area contributed by atoms with Crippen LogP contribution in [0.25, 0.3) is 10.8 Å². The molecule has 2 aromatic rings. The number of carbonyl (C=O) groups is 1. The van der Waals surface area contributed by atoms with Crippen molar-refractivity contribution in [3.63, 3.8) is 0 Å². The molecule has 2 fully saturated rings. The number of benzene rings is 2. The quantitative estimate of drug-likeness (QED) is 0.373. The van der Waals surface area contributed by atoms with Crippen LogP contribution in [0.3, 0.4) is 0 Å². The minimum absolute atomic E-state index is 0.00874. The Hall–Kier alpha value is -1.95. The van der Waals surface area contributed by atoms with E-state index in [1.165, 1.54) is 7.11 Å². The molecule has 2 aromatic carbocycles. The van der Waals surface area contributed by atoms with E-state index in [4.69, 9.17) is 28.4 Å². The van der Waals surface area contributed by atoms with Crippen molar-refractivity contribution in [1.82, 2.24) is 0 Å². The number of ketones is 1. The van der Waals surface area contributed by atoms with E-state index in [2.05, 4.69) is 15.9 Å². The summed E-state index contributed by atoms with van der Waals surface area (Å²) >= 11 is 3.44. The third kappa shape index (κ3) is 2.94. The van der Waals surface area contributed by atoms with E-state index in [0.717, 1.165) is 12.0 Å². The zero-order valence-electron chi connectivity index (χ0n) is 21.3. The molecule has 3 aliphatic heterocycles. The van der Waals surface area contributed by atoms with E-state index in [9.17, 15) is 15.0 Å². The predicted octanol–water partition coefficient (Wildman–Crippen LogP) is 3.84. The zero-order valence-corrected chi connectivity index (χ0v) is 22.9. The molecule has 0 spiro atoms. The number of rotatable bonds is 7. The number of alkyl halides is 1. The molecule has 5 atom stereocenters. The van der Waals surface area contributed by atoms with Crippen LogP contribution >= 0.6 is 15.9 Å². The maximum absolute atomic E-state index is 13.0. The molecule has 0 radical (unpaired) electrons. The number of aromatic hydroxyl groups is 1. The third-order valence-corrected chi connectivity index (χ3v) is 9.11. The van der Waals surface area contributed by atoms with Crippen LogP contribution in [0.4, 0.5) is 0 Å². The van der Waals surface area contributed by atoms with Crippen LogP contribution in [-0.4, -0.2) is 72.0 Å². The summed E-state index contributed by atoms with van der Waals surface area (Å²) in [7, 11) is 3.01. The number of fused-ring (bicyclic) bond motifs is 6. The van der Waals surface area contributed by atoms with Gasteiger partial charge in [0.25, 0.3) is 5.79 Å². The average Bonchev–Trinajstić information content (AvgIpc) is 3.37. The lowest BCUT2D eigenvalue weighted by Crippen LogP contribution is -2.74. The molecular weight excluding hydrogens is 548 g/mol. The van der Waals surface area contributed by atoms with Gasteiger partial charge in [0, 0.05) is 42.0 Å². The first-order valence-corrected chi connectivity index (χ1v) is 13.7. The lowest BCUT2D eigenvalue weighted by Gasteiger charge is -2.53. The summed E-state index contributed by atoms with van der Waals surface area (Å²) in [6, 6.07) is 1.92. The summed E-state index contributed by atoms with van der Waals surface area (Å²) < 4.78 is 37.1. The van der Waals surface area contributed by atoms with Crippen molar-refractivity contribution in [3.05, 3.63) is 28.3 Å². The number of phenols is 1. The summed E-state index contributed by atoms with van der Waals surface area (Å²) in [5.41, 5.74) is 0.654. The first kappa shape index (κ1) is 25.3. The van der Waals surface area contributed by atoms with Gasteiger partial charge in [-0.05, 0) is 37.8 Å². The van der Waals surface area contributed by atoms with Crippen molar-refractivity contribution < 1.29 is 43.4 Å². The van der Waals surface area contributed by atoms with Crippen LogP contribution in [0.2, 0.25) is 0 Å². The average molecular weight is 579 g/mol. The Bertz CT molecular complexity index is 1310. The van der Waals surface area contributed by atoms with Crippen molar-refractivity contribution in [2.75, 3.05) is 32.8 Å². The van der Waals surface area contributed by atoms with Crippen LogP contribution in [0.1, 0.15) is 59.3 Å². The molecule has 200 valence electrons. The number of ether oxygens (including phenoxy) is 6. The summed E-state index contributed by atoms with van der Waals surface area (Å²) in [6.07, 6.45) is 0.970. The topological polar surface area (TPSA) is 113 Å². The normalized spacial score (nSPS) is 33.4. The van der Waals surface area contributed by atoms with Gasteiger partial charge in [-0.1, -0.05) is 22.9 Å². The van der Waals surface area contributed by atoms with Gasteiger partial charge in [0.1, 0.15) is 30.0 Å². The van der Waals surface area contributed by atoms with Crippen molar-refractivity contribution >= 4 is 32.5 Å². The molecule has 3 unspecified atom stereocenters. The Morgan fingerprint density at radius 3 is 2.70 bits per heavy atom. The summed E-state index contributed by atoms with van der Waals surface area (Å²) in [5, 5.41) is 24.6. The summed E-state index contributed by atoms with van der Waals surface area (Å²) in [6.45, 7) is 4.37. The zero-order chi connectivity index (χ0) is 26.3. The first-order chi connectivity index (χ1) is 17.7. The van der Waals surface area contributed by atoms with Crippen molar-refractivity contribution in [1.29, 1.82) is 0 Å². The Kier molecular flexibility index (Phi) is 5.84. The number of hydrogen-bond acceptors (Lipinski definition) is 9. The molecule has 4 aliphatic rings. The van der Waals surface area contributed by atoms with E-state index in [1.807, 2.05) is 19.9 Å². The number of methoxy groups -OCH3 is 2. The molecule has 2 bridgehead atoms. The molecule has 2 N–H and O–H groups in total. The Labute approximate surface area is 223 Å². The van der Waals surface area contributed by atoms with Gasteiger partial charge in [-0.2, -0.15) is 0 Å². The highest BCUT2D eigenvalue weighted by molar-refractivity contribution is 9.09. The number of phenolic OH excluding ortho intramolecular Hbond substituents is 1. The Morgan fingerprint density at radius 2 is 2.03 bits per heavy atom. The molecule has 10 heteroatoms. The predicted molar refractivity (Wildman–Crippen MR) is 136 cm³/mol. The fourth-order valence-electron chi connectivity index (χ4n) is 6.64. The second-order valence-corrected chi connectivity index (χ2v) is 10.8. The minimum Gasteiger partial charge on any atom is -0.506 e. The minimum atomic E-state index is -1.80. The fourth-order valence-corrected chi connectivity index (χ4v) is 7.46. The fraction of sp³-hybridized carbons (Fsp3) is 0.593. The standard InChI is InChI=1S/C27H31BrO9/c1-5-9-34-12-26-25(31,11-28)27(33-4)24(37-26)23(35-26)17-13(2)10-15-19(22(17)36-27)20(30)18-14(21(15)32-3)7-6-8-16(18)29/h10,23-24,30-31H,5-9,11-12H2,1-4H3/t23?,24?,25-,26?,27-/m1/s1. The number of aliphatic hydroxyl groups is 1. The number of hydrogen-bond donors (Lipinski definition) is 2. The van der Waals surface area contributed by atoms with Crippen LogP contribution in [0.5, 0.6) is 17.2 Å². The highest BCUT2D eigenvalue weighted by atomic mass is 79.9. The molecule has 6 rings (SSSR count). The van der Waals surface area contributed by atoms with Crippen LogP contribution in [0.15, 0.2) is 6.07 Å². The van der Waals surface area contributed by atoms with E-state index in [-0.39, 0.29) is 34.8 Å². The monoisotopic (exact) mass is 578 g/mol. The molecule has 2 saturated heterocycles. The molecule has 0 amide bonds. The molecule has 9 nitrogen and oxygen atoms in total. The van der Waals surface area contributed by atoms with Crippen LogP contribution in [0, 0.1) is 6.92 Å². The van der Waals surface area contributed by atoms with E-state index in [0.29, 0.717) is 53.5 Å². The van der Waals surface area contributed by atoms with Gasteiger partial charge >= 0.3 is 0 Å². The van der Waals surface area contributed by atoms with E-state index < -0.39 is 29.4 Å². The Morgan fingerprint density at radius 1 is 1.24 bits per heavy atom. The first-order valence-electron chi connectivity index (χ1n) is 12.6. The molecule has 3 heterocycles. The van der Waals surface area contributed by atoms with Gasteiger partial charge in [-0.15, -0.1) is 0 Å². The second-order valence-electron chi connectivity index (χ2n) is 10.2. The van der Waals surface area contributed by atoms with Crippen molar-refractivity contribution in [2.24, 2.45) is 0 Å². The molecule has 37 heavy (non-hydrogen) atoms. The molecule has 0 saturated carbocycles. The Balaban J connectivity index is 1.63. The van der Waals surface area contributed by atoms with Crippen molar-refractivity contribution in [2.45, 2.75) is 68.9 Å². The molecule has 1 aliphatic carbocycles. The highest BCUT2D eigenvalue weighted by Gasteiger charge is 2.84. The van der Waals surface area contributed by atoms with Gasteiger partial charge in [0.2, 0.25) is 5.79 Å². The number of Topliss-reactive ketones (excluding diaryl/α,β-unsaturated/α-hetero) is 1. The smallest absolute Gasteiger partial charge is 0.275 e. The highest BCUT2D eigenvalue weighted by Crippen LogP contribution is 2.66. The third-order valence-electron chi connectivity index (χ3n) is 8.30. The SMILES string of the molecule is CCCOCC12OC3c4c(C)cc5c(OC)c6c(c(O)c5c4O[C@](OC)(C3O1)[C@@]2(O)CBr)C(=O)CCC6. The second kappa shape index (κ2) is 8.53. The maximum Gasteiger partial charge on any atom is 0.275 e. The van der Waals surface area contributed by atoms with Gasteiger partial charge in [-0.25, -0.2) is 0 Å². The summed E-state index contributed by atoms with van der Waals surface area (Å²) in [5.74, 6) is -2.70. The van der Waals surface area contributed by atoms with Crippen LogP contribution < -0.4 is 9.47 Å². The lowest BCUT2D eigenvalue weighted by atomic mass is 9.76. The van der Waals surface area contributed by atoms with Crippen LogP contribution in [-0.2, 0) is 25.4 Å². The lowest BCUT2D eigenvalue weighted by molar-refractivity contribution is -0.352. The summed E-state index contributed by atoms with van der Waals surface area (Å²) in [4.78, 5) is 13.0. The number of aryl methyl sites for hydroxylation is 1. The van der Waals surface area contributed by atoms with Gasteiger partial charge in [-0.3, -0.25) is 4.79 Å².